The van der Waals surface area contributed by atoms with E-state index in [4.69, 9.17) is 14.2 Å². The van der Waals surface area contributed by atoms with E-state index in [1.807, 2.05) is 0 Å². The summed E-state index contributed by atoms with van der Waals surface area (Å²) in [5.41, 5.74) is -0.442. The molecular formula is C33H28F9N3O4. The Bertz CT molecular complexity index is 1740. The maximum absolute atomic E-state index is 14.1. The van der Waals surface area contributed by atoms with E-state index in [0.29, 0.717) is 47.7 Å². The summed E-state index contributed by atoms with van der Waals surface area (Å²) in [4.78, 5) is 14.6. The Balaban J connectivity index is 1.43. The molecule has 3 aromatic rings. The largest absolute Gasteiger partial charge is 0.496 e. The summed E-state index contributed by atoms with van der Waals surface area (Å²) >= 11 is 0. The van der Waals surface area contributed by atoms with Crippen LogP contribution in [-0.4, -0.2) is 36.8 Å². The third-order valence-corrected chi connectivity index (χ3v) is 8.82. The van der Waals surface area contributed by atoms with Crippen molar-refractivity contribution in [2.75, 3.05) is 13.8 Å². The molecule has 7 nitrogen and oxygen atoms in total. The van der Waals surface area contributed by atoms with Gasteiger partial charge in [0, 0.05) is 12.0 Å². The average molecular weight is 702 g/mol. The number of carbonyl (C=O) groups excluding carboxylic acids is 1. The highest BCUT2D eigenvalue weighted by Gasteiger charge is 2.50. The van der Waals surface area contributed by atoms with E-state index in [1.165, 1.54) is 13.2 Å². The number of hydrazone groups is 1. The van der Waals surface area contributed by atoms with Gasteiger partial charge in [-0.05, 0) is 90.4 Å². The molecule has 0 bridgehead atoms. The molecule has 0 spiro atoms. The Morgan fingerprint density at radius 2 is 1.53 bits per heavy atom. The molecule has 3 atom stereocenters. The summed E-state index contributed by atoms with van der Waals surface area (Å²) in [5, 5.41) is 4.02. The summed E-state index contributed by atoms with van der Waals surface area (Å²) in [6, 6.07) is 7.08. The molecule has 1 amide bonds. The topological polar surface area (TPSA) is 72.4 Å². The number of alkyl halides is 9. The van der Waals surface area contributed by atoms with Crippen molar-refractivity contribution in [3.63, 3.8) is 0 Å². The molecule has 262 valence electrons. The monoisotopic (exact) mass is 701 g/mol. The normalized spacial score (nSPS) is 21.1. The van der Waals surface area contributed by atoms with Gasteiger partial charge in [-0.15, -0.1) is 5.10 Å². The number of halogens is 9. The first-order chi connectivity index (χ1) is 23.0. The van der Waals surface area contributed by atoms with Crippen LogP contribution in [0.2, 0.25) is 0 Å². The Morgan fingerprint density at radius 3 is 2.14 bits per heavy atom. The lowest BCUT2D eigenvalue weighted by molar-refractivity contribution is -0.143. The lowest BCUT2D eigenvalue weighted by Gasteiger charge is -2.38. The van der Waals surface area contributed by atoms with E-state index >= 15 is 0 Å². The van der Waals surface area contributed by atoms with E-state index in [2.05, 4.69) is 10.5 Å². The molecule has 3 aromatic carbocycles. The number of rotatable bonds is 7. The third kappa shape index (κ3) is 6.95. The van der Waals surface area contributed by atoms with Crippen LogP contribution in [-0.2, 0) is 34.4 Å². The zero-order valence-corrected chi connectivity index (χ0v) is 25.6. The summed E-state index contributed by atoms with van der Waals surface area (Å²) in [5.74, 6) is 0.796. The molecule has 3 aliphatic heterocycles. The summed E-state index contributed by atoms with van der Waals surface area (Å²) in [7, 11) is 1.39. The minimum atomic E-state index is -5.14. The van der Waals surface area contributed by atoms with Gasteiger partial charge in [0.1, 0.15) is 11.9 Å². The first kappa shape index (κ1) is 34.2. The number of carbonyl (C=O) groups is 1. The smallest absolute Gasteiger partial charge is 0.416 e. The number of cyclic esters (lactones) is 1. The highest BCUT2D eigenvalue weighted by atomic mass is 19.4. The number of fused-ring (bicyclic) bond motifs is 1. The van der Waals surface area contributed by atoms with Crippen molar-refractivity contribution in [2.24, 2.45) is 5.10 Å². The number of amides is 1. The van der Waals surface area contributed by atoms with E-state index in [9.17, 15) is 44.3 Å². The fourth-order valence-electron chi connectivity index (χ4n) is 6.61. The number of nitrogens with zero attached hydrogens (tertiary/aromatic N) is 2. The van der Waals surface area contributed by atoms with Crippen LogP contribution in [0.25, 0.3) is 11.1 Å². The van der Waals surface area contributed by atoms with Gasteiger partial charge in [0.25, 0.3) is 0 Å². The van der Waals surface area contributed by atoms with Gasteiger partial charge in [0.15, 0.2) is 6.73 Å². The van der Waals surface area contributed by atoms with Crippen LogP contribution < -0.4 is 10.2 Å². The van der Waals surface area contributed by atoms with Crippen LogP contribution >= 0.6 is 0 Å². The number of hydrogen-bond donors (Lipinski definition) is 1. The molecule has 3 aliphatic rings. The Hall–Kier alpha value is -4.63. The van der Waals surface area contributed by atoms with Gasteiger partial charge in [-0.25, -0.2) is 4.79 Å². The van der Waals surface area contributed by atoms with Crippen molar-refractivity contribution in [1.29, 1.82) is 0 Å². The van der Waals surface area contributed by atoms with E-state index < -0.39 is 65.1 Å². The van der Waals surface area contributed by atoms with E-state index in [0.717, 1.165) is 22.6 Å². The SMILES string of the molecule is COc1ccc(CCC2=NNCO2)cc1-c1ccc(C(F)(F)F)cc1C1CCCC2C(c3cc(C(F)(F)F)cc(C(F)(F)F)c3)OC(=O)N12. The fourth-order valence-corrected chi connectivity index (χ4v) is 6.61. The van der Waals surface area contributed by atoms with Gasteiger partial charge in [0.2, 0.25) is 5.90 Å². The number of benzene rings is 3. The first-order valence-electron chi connectivity index (χ1n) is 15.1. The van der Waals surface area contributed by atoms with Crippen LogP contribution in [0.1, 0.15) is 71.2 Å². The molecule has 2 saturated heterocycles. The molecule has 0 radical (unpaired) electrons. The molecule has 49 heavy (non-hydrogen) atoms. The van der Waals surface area contributed by atoms with Crippen molar-refractivity contribution in [3.05, 3.63) is 88.0 Å². The molecule has 0 aliphatic carbocycles. The number of piperidine rings is 1. The van der Waals surface area contributed by atoms with Gasteiger partial charge in [0.05, 0.1) is 35.9 Å². The predicted molar refractivity (Wildman–Crippen MR) is 156 cm³/mol. The Labute approximate surface area is 273 Å². The number of aryl methyl sites for hydroxylation is 1. The molecule has 16 heteroatoms. The number of nitrogens with one attached hydrogen (secondary N) is 1. The molecule has 6 rings (SSSR count). The molecule has 2 fully saturated rings. The third-order valence-electron chi connectivity index (χ3n) is 8.82. The van der Waals surface area contributed by atoms with Gasteiger partial charge in [-0.2, -0.15) is 39.5 Å². The minimum Gasteiger partial charge on any atom is -0.496 e. The van der Waals surface area contributed by atoms with Gasteiger partial charge < -0.3 is 14.2 Å². The van der Waals surface area contributed by atoms with Gasteiger partial charge in [-0.3, -0.25) is 10.3 Å². The summed E-state index contributed by atoms with van der Waals surface area (Å²) < 4.78 is 141. The van der Waals surface area contributed by atoms with Crippen molar-refractivity contribution in [3.8, 4) is 16.9 Å². The second kappa shape index (κ2) is 12.7. The van der Waals surface area contributed by atoms with Gasteiger partial charge >= 0.3 is 24.6 Å². The Kier molecular flexibility index (Phi) is 8.86. The molecule has 0 aromatic heterocycles. The Morgan fingerprint density at radius 1 is 0.837 bits per heavy atom. The lowest BCUT2D eigenvalue weighted by Crippen LogP contribution is -2.41. The van der Waals surface area contributed by atoms with Crippen LogP contribution in [0, 0.1) is 0 Å². The van der Waals surface area contributed by atoms with Crippen LogP contribution in [0.5, 0.6) is 5.75 Å². The molecular weight excluding hydrogens is 673 g/mol. The second-order valence-corrected chi connectivity index (χ2v) is 11.9. The van der Waals surface area contributed by atoms with Crippen molar-refractivity contribution in [2.45, 2.75) is 68.8 Å². The van der Waals surface area contributed by atoms with Crippen molar-refractivity contribution >= 4 is 12.0 Å². The lowest BCUT2D eigenvalue weighted by atomic mass is 9.83. The van der Waals surface area contributed by atoms with Crippen LogP contribution in [0.15, 0.2) is 59.7 Å². The highest BCUT2D eigenvalue weighted by molar-refractivity contribution is 5.79. The maximum atomic E-state index is 14.1. The molecule has 3 heterocycles. The van der Waals surface area contributed by atoms with Crippen LogP contribution in [0.3, 0.4) is 0 Å². The minimum absolute atomic E-state index is 0.0245. The van der Waals surface area contributed by atoms with Gasteiger partial charge in [-0.1, -0.05) is 12.1 Å². The number of hydrogen-bond acceptors (Lipinski definition) is 6. The van der Waals surface area contributed by atoms with Crippen molar-refractivity contribution < 1.29 is 58.5 Å². The van der Waals surface area contributed by atoms with Crippen molar-refractivity contribution in [1.82, 2.24) is 10.3 Å². The number of methoxy groups -OCH3 is 1. The van der Waals surface area contributed by atoms with Crippen LogP contribution in [0.4, 0.5) is 44.3 Å². The zero-order chi connectivity index (χ0) is 35.3. The second-order valence-electron chi connectivity index (χ2n) is 11.9. The molecule has 1 N–H and O–H groups in total. The fraction of sp³-hybridized carbons (Fsp3) is 0.394. The summed E-state index contributed by atoms with van der Waals surface area (Å²) in [6.07, 6.45) is -16.2. The average Bonchev–Trinajstić information content (AvgIpc) is 3.70. The predicted octanol–water partition coefficient (Wildman–Crippen LogP) is 9.03. The number of ether oxygens (including phenoxy) is 3. The molecule has 0 saturated carbocycles. The standard InChI is InChI=1S/C33H28F9N3O4/c1-47-27-9-5-17(6-10-28-44-43-16-48-28)11-24(27)22-8-7-19(31(34,35)36)15-23(22)25-3-2-4-26-29(49-30(46)45(25)26)18-12-20(32(37,38)39)14-21(13-18)33(40,41)42/h5,7-9,11-15,25-26,29,43H,2-4,6,10,16H2,1H3. The highest BCUT2D eigenvalue weighted by Crippen LogP contribution is 2.50. The van der Waals surface area contributed by atoms with E-state index in [1.54, 1.807) is 18.2 Å². The maximum Gasteiger partial charge on any atom is 0.416 e. The molecule has 3 unspecified atom stereocenters. The van der Waals surface area contributed by atoms with E-state index in [-0.39, 0.29) is 37.6 Å². The first-order valence-corrected chi connectivity index (χ1v) is 15.1. The summed E-state index contributed by atoms with van der Waals surface area (Å²) in [6.45, 7) is 0.234. The quantitative estimate of drug-likeness (QED) is 0.249. The zero-order valence-electron chi connectivity index (χ0n) is 25.6.